The van der Waals surface area contributed by atoms with E-state index in [1.807, 2.05) is 24.3 Å². The van der Waals surface area contributed by atoms with Gasteiger partial charge in [-0.3, -0.25) is 9.36 Å². The Morgan fingerprint density at radius 1 is 1.00 bits per heavy atom. The largest absolute Gasteiger partial charge is 0.334 e. The van der Waals surface area contributed by atoms with Gasteiger partial charge in [0.25, 0.3) is 0 Å². The van der Waals surface area contributed by atoms with Crippen LogP contribution in [-0.4, -0.2) is 34.0 Å². The molecule has 24 heavy (non-hydrogen) atoms. The Hall–Kier alpha value is -1.13. The fourth-order valence-electron chi connectivity index (χ4n) is 2.48. The third-order valence-electron chi connectivity index (χ3n) is 3.64. The maximum Gasteiger partial charge on any atom is 0.334 e. The van der Waals surface area contributed by atoms with E-state index in [2.05, 4.69) is 0 Å². The highest BCUT2D eigenvalue weighted by molar-refractivity contribution is 7.67. The molecule has 0 amide bonds. The Bertz CT molecular complexity index is 759. The Balaban J connectivity index is 2.62. The van der Waals surface area contributed by atoms with Crippen molar-refractivity contribution in [1.29, 1.82) is 0 Å². The first-order valence-electron chi connectivity index (χ1n) is 7.13. The molecular formula is C16H20O6P2. The van der Waals surface area contributed by atoms with Gasteiger partial charge in [0.15, 0.2) is 0 Å². The molecule has 0 fully saturated rings. The Labute approximate surface area is 142 Å². The summed E-state index contributed by atoms with van der Waals surface area (Å²) in [6, 6.07) is 10.9. The van der Waals surface area contributed by atoms with Crippen LogP contribution in [0.25, 0.3) is 10.8 Å². The summed E-state index contributed by atoms with van der Waals surface area (Å²) in [5.41, 5.74) is 0.944. The smallest absolute Gasteiger partial charge is 0.332 e. The molecule has 0 radical (unpaired) electrons. The van der Waals surface area contributed by atoms with Crippen LogP contribution in [0.2, 0.25) is 0 Å². The van der Waals surface area contributed by atoms with Crippen LogP contribution in [0.3, 0.4) is 0 Å². The first-order chi connectivity index (χ1) is 11.5. The van der Waals surface area contributed by atoms with E-state index >= 15 is 0 Å². The summed E-state index contributed by atoms with van der Waals surface area (Å²) < 4.78 is 32.9. The Kier molecular flexibility index (Phi) is 6.64. The molecule has 6 nitrogen and oxygen atoms in total. The average Bonchev–Trinajstić information content (AvgIpc) is 2.62. The lowest BCUT2D eigenvalue weighted by Gasteiger charge is -2.17. The lowest BCUT2D eigenvalue weighted by Crippen LogP contribution is -2.03. The van der Waals surface area contributed by atoms with Gasteiger partial charge in [0.1, 0.15) is 0 Å². The molecule has 0 bridgehead atoms. The molecule has 0 unspecified atom stereocenters. The van der Waals surface area contributed by atoms with E-state index in [0.29, 0.717) is 16.5 Å². The SMILES string of the molecule is COP(OC)C(=O)c1cccc2cccc(CP(=O)(OC)OC)c12. The molecule has 0 aliphatic rings. The van der Waals surface area contributed by atoms with E-state index in [0.717, 1.165) is 5.39 Å². The summed E-state index contributed by atoms with van der Waals surface area (Å²) in [5, 5.41) is 1.57. The zero-order valence-corrected chi connectivity index (χ0v) is 15.8. The van der Waals surface area contributed by atoms with E-state index in [1.54, 1.807) is 12.1 Å². The monoisotopic (exact) mass is 370 g/mol. The van der Waals surface area contributed by atoms with E-state index < -0.39 is 16.0 Å². The number of benzene rings is 2. The van der Waals surface area contributed by atoms with Gasteiger partial charge in [-0.15, -0.1) is 0 Å². The number of fused-ring (bicyclic) bond motifs is 1. The van der Waals surface area contributed by atoms with Crippen LogP contribution in [0.4, 0.5) is 0 Å². The maximum atomic E-state index is 12.7. The standard InChI is InChI=1S/C16H20O6P2/c1-19-23(20-2)16(17)14-10-6-8-12-7-5-9-13(15(12)14)11-24(18,21-3)22-4/h5-10H,11H2,1-4H3. The molecule has 0 N–H and O–H groups in total. The fourth-order valence-corrected chi connectivity index (χ4v) is 4.43. The normalized spacial score (nSPS) is 12.0. The van der Waals surface area contributed by atoms with Gasteiger partial charge in [-0.1, -0.05) is 36.4 Å². The summed E-state index contributed by atoms with van der Waals surface area (Å²) in [6.07, 6.45) is 0.0690. The molecule has 0 heterocycles. The molecule has 0 aliphatic heterocycles. The van der Waals surface area contributed by atoms with Crippen LogP contribution in [0, 0.1) is 0 Å². The van der Waals surface area contributed by atoms with Crippen LogP contribution in [-0.2, 0) is 28.8 Å². The highest BCUT2D eigenvalue weighted by atomic mass is 31.2. The minimum Gasteiger partial charge on any atom is -0.332 e. The van der Waals surface area contributed by atoms with Crippen molar-refractivity contribution in [2.45, 2.75) is 6.16 Å². The first-order valence-corrected chi connectivity index (χ1v) is 10.0. The van der Waals surface area contributed by atoms with E-state index in [-0.39, 0.29) is 11.7 Å². The summed E-state index contributed by atoms with van der Waals surface area (Å²) in [6.45, 7) is 0. The molecule has 0 spiro atoms. The zero-order valence-electron chi connectivity index (χ0n) is 14.0. The van der Waals surface area contributed by atoms with Crippen LogP contribution in [0.15, 0.2) is 36.4 Å². The highest BCUT2D eigenvalue weighted by Crippen LogP contribution is 2.51. The fraction of sp³-hybridized carbons (Fsp3) is 0.312. The van der Waals surface area contributed by atoms with Crippen molar-refractivity contribution >= 4 is 32.3 Å². The molecule has 0 aromatic heterocycles. The van der Waals surface area contributed by atoms with Gasteiger partial charge in [0.05, 0.1) is 6.16 Å². The Morgan fingerprint density at radius 3 is 2.12 bits per heavy atom. The minimum absolute atomic E-state index is 0.0690. The van der Waals surface area contributed by atoms with Crippen molar-refractivity contribution in [1.82, 2.24) is 0 Å². The topological polar surface area (TPSA) is 71.1 Å². The van der Waals surface area contributed by atoms with Crippen molar-refractivity contribution in [3.63, 3.8) is 0 Å². The summed E-state index contributed by atoms with van der Waals surface area (Å²) in [7, 11) is 0.601. The predicted molar refractivity (Wildman–Crippen MR) is 94.5 cm³/mol. The third kappa shape index (κ3) is 3.92. The second kappa shape index (κ2) is 8.30. The molecule has 0 saturated carbocycles. The molecule has 2 aromatic rings. The highest BCUT2D eigenvalue weighted by Gasteiger charge is 2.27. The van der Waals surface area contributed by atoms with Crippen molar-refractivity contribution in [2.75, 3.05) is 28.4 Å². The van der Waals surface area contributed by atoms with Crippen molar-refractivity contribution < 1.29 is 27.5 Å². The van der Waals surface area contributed by atoms with Gasteiger partial charge in [-0.05, 0) is 16.3 Å². The van der Waals surface area contributed by atoms with Gasteiger partial charge in [-0.2, -0.15) is 0 Å². The Morgan fingerprint density at radius 2 is 1.58 bits per heavy atom. The molecule has 0 saturated heterocycles. The molecule has 2 rings (SSSR count). The van der Waals surface area contributed by atoms with Crippen molar-refractivity contribution in [3.05, 3.63) is 47.5 Å². The number of hydrogen-bond donors (Lipinski definition) is 0. The summed E-state index contributed by atoms with van der Waals surface area (Å²) >= 11 is 0. The van der Waals surface area contributed by atoms with Gasteiger partial charge < -0.3 is 18.1 Å². The van der Waals surface area contributed by atoms with Crippen LogP contribution >= 0.6 is 16.0 Å². The van der Waals surface area contributed by atoms with Gasteiger partial charge in [0, 0.05) is 34.0 Å². The van der Waals surface area contributed by atoms with Crippen molar-refractivity contribution in [2.24, 2.45) is 0 Å². The molecular weight excluding hydrogens is 350 g/mol. The second-order valence-electron chi connectivity index (χ2n) is 4.88. The van der Waals surface area contributed by atoms with Crippen LogP contribution < -0.4 is 0 Å². The number of carbonyl (C=O) groups is 1. The number of carbonyl (C=O) groups excluding carboxylic acids is 1. The quantitative estimate of drug-likeness (QED) is 0.634. The van der Waals surface area contributed by atoms with Gasteiger partial charge >= 0.3 is 7.60 Å². The maximum absolute atomic E-state index is 12.7. The predicted octanol–water partition coefficient (Wildman–Crippen LogP) is 4.57. The minimum atomic E-state index is -3.26. The van der Waals surface area contributed by atoms with E-state index in [9.17, 15) is 9.36 Å². The van der Waals surface area contributed by atoms with E-state index in [1.165, 1.54) is 28.4 Å². The van der Waals surface area contributed by atoms with E-state index in [4.69, 9.17) is 18.1 Å². The summed E-state index contributed by atoms with van der Waals surface area (Å²) in [4.78, 5) is 12.7. The summed E-state index contributed by atoms with van der Waals surface area (Å²) in [5.74, 6) is 0. The molecule has 8 heteroatoms. The average molecular weight is 370 g/mol. The molecule has 2 aromatic carbocycles. The van der Waals surface area contributed by atoms with Crippen LogP contribution in [0.1, 0.15) is 15.9 Å². The zero-order chi connectivity index (χ0) is 17.7. The lowest BCUT2D eigenvalue weighted by molar-refractivity contribution is 0.105. The molecule has 0 aliphatic carbocycles. The number of hydrogen-bond acceptors (Lipinski definition) is 6. The second-order valence-corrected chi connectivity index (χ2v) is 8.80. The molecule has 130 valence electrons. The van der Waals surface area contributed by atoms with Crippen LogP contribution in [0.5, 0.6) is 0 Å². The third-order valence-corrected chi connectivity index (χ3v) is 6.72. The van der Waals surface area contributed by atoms with Crippen molar-refractivity contribution in [3.8, 4) is 0 Å². The lowest BCUT2D eigenvalue weighted by atomic mass is 10.0. The number of rotatable bonds is 8. The molecule has 0 atom stereocenters. The van der Waals surface area contributed by atoms with Gasteiger partial charge in [0.2, 0.25) is 13.9 Å². The van der Waals surface area contributed by atoms with Gasteiger partial charge in [-0.25, -0.2) is 0 Å². The first kappa shape index (κ1) is 19.2.